The molecule has 1 aliphatic heterocycles. The molecule has 1 rings (SSSR count). The van der Waals surface area contributed by atoms with Crippen molar-refractivity contribution in [3.63, 3.8) is 0 Å². The van der Waals surface area contributed by atoms with Gasteiger partial charge in [-0.2, -0.15) is 0 Å². The first-order valence-corrected chi connectivity index (χ1v) is 6.20. The minimum atomic E-state index is 0.681. The van der Waals surface area contributed by atoms with Crippen LogP contribution in [0.2, 0.25) is 0 Å². The van der Waals surface area contributed by atoms with Crippen LogP contribution in [0.1, 0.15) is 40.5 Å². The normalized spacial score (nSPS) is 23.7. The molecule has 14 heavy (non-hydrogen) atoms. The highest BCUT2D eigenvalue weighted by Crippen LogP contribution is 2.19. The number of thiol groups is 1. The zero-order valence-corrected chi connectivity index (χ0v) is 10.9. The zero-order valence-electron chi connectivity index (χ0n) is 10.0. The monoisotopic (exact) mass is 215 g/mol. The van der Waals surface area contributed by atoms with E-state index in [0.29, 0.717) is 5.92 Å². The third-order valence-electron chi connectivity index (χ3n) is 2.20. The van der Waals surface area contributed by atoms with Crippen LogP contribution in [0.25, 0.3) is 0 Å². The Kier molecular flexibility index (Phi) is 8.40. The fourth-order valence-corrected chi connectivity index (χ4v) is 1.88. The summed E-state index contributed by atoms with van der Waals surface area (Å²) >= 11 is 4.36. The molecule has 0 amide bonds. The third kappa shape index (κ3) is 6.50. The maximum atomic E-state index is 4.36. The summed E-state index contributed by atoms with van der Waals surface area (Å²) in [6, 6.07) is 0. The summed E-state index contributed by atoms with van der Waals surface area (Å²) in [6.45, 7) is 10.7. The highest BCUT2D eigenvalue weighted by atomic mass is 32.1. The Hall–Kier alpha value is 0.0500. The van der Waals surface area contributed by atoms with Crippen LogP contribution < -0.4 is 0 Å². The molecule has 0 aromatic rings. The molecule has 0 saturated carbocycles. The van der Waals surface area contributed by atoms with Crippen molar-refractivity contribution in [2.45, 2.75) is 40.5 Å². The largest absolute Gasteiger partial charge is 0.253 e. The first-order chi connectivity index (χ1) is 6.68. The van der Waals surface area contributed by atoms with Crippen LogP contribution in [0, 0.1) is 11.8 Å². The Labute approximate surface area is 95.1 Å². The van der Waals surface area contributed by atoms with Crippen LogP contribution in [-0.2, 0) is 0 Å². The van der Waals surface area contributed by atoms with Gasteiger partial charge < -0.3 is 0 Å². The standard InChI is InChI=1S/C10H19NS.C2H6/c1-9(2)5-6-10-4-3-7-11(12)8-10;1-2/h5-6,9-10,12H,3-4,7-8H2,1-2H3;1-2H3/b6-5+;. The zero-order chi connectivity index (χ0) is 11.0. The number of hydrogen-bond acceptors (Lipinski definition) is 2. The number of rotatable bonds is 2. The molecule has 1 aliphatic rings. The van der Waals surface area contributed by atoms with E-state index in [2.05, 4.69) is 43.1 Å². The first kappa shape index (κ1) is 14.1. The molecule has 1 saturated heterocycles. The summed E-state index contributed by atoms with van der Waals surface area (Å²) in [7, 11) is 0. The van der Waals surface area contributed by atoms with Crippen LogP contribution in [0.5, 0.6) is 0 Å². The van der Waals surface area contributed by atoms with E-state index in [0.717, 1.165) is 19.0 Å². The fourth-order valence-electron chi connectivity index (χ4n) is 1.53. The molecule has 1 unspecified atom stereocenters. The smallest absolute Gasteiger partial charge is 0.0150 e. The van der Waals surface area contributed by atoms with Crippen molar-refractivity contribution in [2.75, 3.05) is 13.1 Å². The van der Waals surface area contributed by atoms with Gasteiger partial charge in [0.15, 0.2) is 0 Å². The van der Waals surface area contributed by atoms with Crippen molar-refractivity contribution >= 4 is 12.8 Å². The van der Waals surface area contributed by atoms with Gasteiger partial charge in [0.2, 0.25) is 0 Å². The second-order valence-corrected chi connectivity index (χ2v) is 4.51. The van der Waals surface area contributed by atoms with Crippen molar-refractivity contribution in [3.05, 3.63) is 12.2 Å². The number of hydrogen-bond donors (Lipinski definition) is 1. The summed E-state index contributed by atoms with van der Waals surface area (Å²) in [6.07, 6.45) is 7.28. The van der Waals surface area contributed by atoms with Crippen molar-refractivity contribution in [1.29, 1.82) is 0 Å². The number of nitrogens with zero attached hydrogens (tertiary/aromatic N) is 1. The van der Waals surface area contributed by atoms with Crippen molar-refractivity contribution in [3.8, 4) is 0 Å². The van der Waals surface area contributed by atoms with Gasteiger partial charge in [0.25, 0.3) is 0 Å². The summed E-state index contributed by atoms with van der Waals surface area (Å²) in [5.74, 6) is 1.42. The molecule has 0 radical (unpaired) electrons. The molecule has 0 aromatic carbocycles. The molecule has 0 aromatic heterocycles. The summed E-state index contributed by atoms with van der Waals surface area (Å²) in [5, 5.41) is 0. The van der Waals surface area contributed by atoms with Crippen LogP contribution in [0.3, 0.4) is 0 Å². The Morgan fingerprint density at radius 2 is 2.00 bits per heavy atom. The topological polar surface area (TPSA) is 3.24 Å². The van der Waals surface area contributed by atoms with Gasteiger partial charge in [-0.1, -0.05) is 52.7 Å². The van der Waals surface area contributed by atoms with E-state index in [4.69, 9.17) is 0 Å². The lowest BCUT2D eigenvalue weighted by Gasteiger charge is -2.26. The van der Waals surface area contributed by atoms with E-state index in [1.165, 1.54) is 12.8 Å². The van der Waals surface area contributed by atoms with Crippen LogP contribution in [0.15, 0.2) is 12.2 Å². The Morgan fingerprint density at radius 3 is 2.50 bits per heavy atom. The van der Waals surface area contributed by atoms with E-state index in [-0.39, 0.29) is 0 Å². The van der Waals surface area contributed by atoms with Gasteiger partial charge in [-0.3, -0.25) is 4.31 Å². The molecule has 0 N–H and O–H groups in total. The lowest BCUT2D eigenvalue weighted by molar-refractivity contribution is 0.327. The molecule has 1 heterocycles. The maximum Gasteiger partial charge on any atom is 0.0150 e. The molecule has 1 atom stereocenters. The van der Waals surface area contributed by atoms with Crippen molar-refractivity contribution in [2.24, 2.45) is 11.8 Å². The SMILES string of the molecule is CC.CC(C)/C=C/C1CCCN(S)C1. The van der Waals surface area contributed by atoms with Gasteiger partial charge in [-0.15, -0.1) is 0 Å². The lowest BCUT2D eigenvalue weighted by Crippen LogP contribution is -2.27. The predicted octanol–water partition coefficient (Wildman–Crippen LogP) is 3.78. The van der Waals surface area contributed by atoms with Gasteiger partial charge in [-0.25, -0.2) is 0 Å². The predicted molar refractivity (Wildman–Crippen MR) is 68.6 cm³/mol. The average Bonchev–Trinajstić information content (AvgIpc) is 2.18. The van der Waals surface area contributed by atoms with Crippen molar-refractivity contribution in [1.82, 2.24) is 4.31 Å². The van der Waals surface area contributed by atoms with Gasteiger partial charge in [0, 0.05) is 13.1 Å². The summed E-state index contributed by atoms with van der Waals surface area (Å²) in [4.78, 5) is 0. The van der Waals surface area contributed by atoms with E-state index in [1.807, 2.05) is 13.8 Å². The van der Waals surface area contributed by atoms with Crippen LogP contribution in [-0.4, -0.2) is 17.4 Å². The minimum Gasteiger partial charge on any atom is -0.253 e. The molecule has 1 nitrogen and oxygen atoms in total. The fraction of sp³-hybridized carbons (Fsp3) is 0.833. The molecular weight excluding hydrogens is 190 g/mol. The molecule has 0 bridgehead atoms. The third-order valence-corrected chi connectivity index (χ3v) is 2.57. The maximum absolute atomic E-state index is 4.36. The second-order valence-electron chi connectivity index (χ2n) is 3.94. The van der Waals surface area contributed by atoms with Gasteiger partial charge >= 0.3 is 0 Å². The molecule has 84 valence electrons. The molecular formula is C12H25NS. The summed E-state index contributed by atoms with van der Waals surface area (Å²) < 4.78 is 2.12. The van der Waals surface area contributed by atoms with Gasteiger partial charge in [0.05, 0.1) is 0 Å². The van der Waals surface area contributed by atoms with Crippen LogP contribution >= 0.6 is 12.8 Å². The van der Waals surface area contributed by atoms with Crippen LogP contribution in [0.4, 0.5) is 0 Å². The van der Waals surface area contributed by atoms with Gasteiger partial charge in [0.1, 0.15) is 0 Å². The molecule has 0 aliphatic carbocycles. The van der Waals surface area contributed by atoms with E-state index in [9.17, 15) is 0 Å². The molecule has 1 fully saturated rings. The van der Waals surface area contributed by atoms with E-state index < -0.39 is 0 Å². The van der Waals surface area contributed by atoms with E-state index >= 15 is 0 Å². The average molecular weight is 215 g/mol. The Morgan fingerprint density at radius 1 is 1.36 bits per heavy atom. The quantitative estimate of drug-likeness (QED) is 0.542. The molecule has 2 heteroatoms. The van der Waals surface area contributed by atoms with Gasteiger partial charge in [-0.05, 0) is 24.7 Å². The van der Waals surface area contributed by atoms with E-state index in [1.54, 1.807) is 0 Å². The van der Waals surface area contributed by atoms with Crippen molar-refractivity contribution < 1.29 is 0 Å². The first-order valence-electron chi connectivity index (χ1n) is 5.80. The second kappa shape index (κ2) is 8.37. The summed E-state index contributed by atoms with van der Waals surface area (Å²) in [5.41, 5.74) is 0. The Bertz CT molecular complexity index is 154. The number of piperidine rings is 1. The Balaban J connectivity index is 0.000000791. The number of allylic oxidation sites excluding steroid dienone is 1. The molecule has 0 spiro atoms. The highest BCUT2D eigenvalue weighted by Gasteiger charge is 2.14. The minimum absolute atomic E-state index is 0.681. The highest BCUT2D eigenvalue weighted by molar-refractivity contribution is 7.77. The lowest BCUT2D eigenvalue weighted by atomic mass is 9.98.